The van der Waals surface area contributed by atoms with Gasteiger partial charge in [0.1, 0.15) is 6.04 Å². The van der Waals surface area contributed by atoms with E-state index in [2.05, 4.69) is 10.3 Å². The molecule has 1 atom stereocenters. The summed E-state index contributed by atoms with van der Waals surface area (Å²) in [5, 5.41) is 3.77. The SMILES string of the molecule is Cc1ccc2[nH]c(=O)c(CNC(=O)C3CCC(=O)N3Cc3ccccc3)cc2c1. The molecule has 6 heteroatoms. The van der Waals surface area contributed by atoms with Gasteiger partial charge in [0.15, 0.2) is 0 Å². The van der Waals surface area contributed by atoms with Crippen LogP contribution < -0.4 is 10.9 Å². The van der Waals surface area contributed by atoms with Crippen LogP contribution in [0.4, 0.5) is 0 Å². The Hall–Kier alpha value is -3.41. The van der Waals surface area contributed by atoms with Crippen LogP contribution in [0.15, 0.2) is 59.4 Å². The number of carbonyl (C=O) groups excluding carboxylic acids is 2. The van der Waals surface area contributed by atoms with E-state index in [0.717, 1.165) is 22.0 Å². The lowest BCUT2D eigenvalue weighted by atomic mass is 10.1. The predicted molar refractivity (Wildman–Crippen MR) is 111 cm³/mol. The summed E-state index contributed by atoms with van der Waals surface area (Å²) in [5.41, 5.74) is 3.13. The number of pyridine rings is 1. The fraction of sp³-hybridized carbons (Fsp3) is 0.261. The number of benzene rings is 2. The second-order valence-electron chi connectivity index (χ2n) is 7.49. The summed E-state index contributed by atoms with van der Waals surface area (Å²) in [6.07, 6.45) is 0.853. The molecule has 2 amide bonds. The third-order valence-corrected chi connectivity index (χ3v) is 5.36. The van der Waals surface area contributed by atoms with Crippen LogP contribution in [0.1, 0.15) is 29.5 Å². The van der Waals surface area contributed by atoms with Crippen LogP contribution in [0, 0.1) is 6.92 Å². The Morgan fingerprint density at radius 2 is 1.93 bits per heavy atom. The van der Waals surface area contributed by atoms with Gasteiger partial charge in [0.05, 0.1) is 0 Å². The minimum absolute atomic E-state index is 0.0203. The third-order valence-electron chi connectivity index (χ3n) is 5.36. The minimum atomic E-state index is -0.510. The lowest BCUT2D eigenvalue weighted by molar-refractivity contribution is -0.135. The van der Waals surface area contributed by atoms with Crippen molar-refractivity contribution in [3.8, 4) is 0 Å². The predicted octanol–water partition coefficient (Wildman–Crippen LogP) is 2.64. The number of H-pyrrole nitrogens is 1. The Bertz CT molecular complexity index is 1120. The number of hydrogen-bond acceptors (Lipinski definition) is 3. The van der Waals surface area contributed by atoms with Gasteiger partial charge in [0.25, 0.3) is 5.56 Å². The summed E-state index contributed by atoms with van der Waals surface area (Å²) in [4.78, 5) is 41.9. The molecule has 29 heavy (non-hydrogen) atoms. The van der Waals surface area contributed by atoms with E-state index in [4.69, 9.17) is 0 Å². The molecule has 1 saturated heterocycles. The van der Waals surface area contributed by atoms with Crippen molar-refractivity contribution in [1.82, 2.24) is 15.2 Å². The Morgan fingerprint density at radius 3 is 2.72 bits per heavy atom. The van der Waals surface area contributed by atoms with Gasteiger partial charge in [-0.2, -0.15) is 0 Å². The summed E-state index contributed by atoms with van der Waals surface area (Å²) >= 11 is 0. The summed E-state index contributed by atoms with van der Waals surface area (Å²) in [7, 11) is 0. The first-order chi connectivity index (χ1) is 14.0. The zero-order valence-electron chi connectivity index (χ0n) is 16.3. The number of nitrogens with one attached hydrogen (secondary N) is 2. The van der Waals surface area contributed by atoms with Gasteiger partial charge in [0.2, 0.25) is 11.8 Å². The molecule has 1 fully saturated rings. The highest BCUT2D eigenvalue weighted by atomic mass is 16.2. The van der Waals surface area contributed by atoms with E-state index in [9.17, 15) is 14.4 Å². The van der Waals surface area contributed by atoms with Gasteiger partial charge < -0.3 is 15.2 Å². The molecule has 3 aromatic rings. The fourth-order valence-corrected chi connectivity index (χ4v) is 3.79. The highest BCUT2D eigenvalue weighted by Gasteiger charge is 2.35. The Kier molecular flexibility index (Phi) is 5.16. The number of nitrogens with zero attached hydrogens (tertiary/aromatic N) is 1. The van der Waals surface area contributed by atoms with Gasteiger partial charge in [-0.05, 0) is 42.5 Å². The van der Waals surface area contributed by atoms with Gasteiger partial charge in [0, 0.05) is 30.6 Å². The molecular formula is C23H23N3O3. The number of carbonyl (C=O) groups is 2. The zero-order chi connectivity index (χ0) is 20.4. The molecule has 2 aromatic carbocycles. The molecule has 1 aliphatic heterocycles. The van der Waals surface area contributed by atoms with Crippen LogP contribution in [0.3, 0.4) is 0 Å². The smallest absolute Gasteiger partial charge is 0.253 e. The average Bonchev–Trinajstić information content (AvgIpc) is 3.07. The molecule has 6 nitrogen and oxygen atoms in total. The van der Waals surface area contributed by atoms with Crippen LogP contribution in [0.2, 0.25) is 0 Å². The van der Waals surface area contributed by atoms with Gasteiger partial charge in [-0.1, -0.05) is 42.0 Å². The number of aryl methyl sites for hydroxylation is 1. The van der Waals surface area contributed by atoms with Crippen LogP contribution >= 0.6 is 0 Å². The minimum Gasteiger partial charge on any atom is -0.350 e. The van der Waals surface area contributed by atoms with Crippen molar-refractivity contribution in [3.05, 3.63) is 81.6 Å². The standard InChI is InChI=1S/C23H23N3O3/c1-15-7-8-19-17(11-15)12-18(22(28)25-19)13-24-23(29)20-9-10-21(27)26(20)14-16-5-3-2-4-6-16/h2-8,11-12,20H,9-10,13-14H2,1H3,(H,24,29)(H,25,28). The van der Waals surface area contributed by atoms with E-state index in [1.165, 1.54) is 0 Å². The van der Waals surface area contributed by atoms with Crippen molar-refractivity contribution in [2.24, 2.45) is 0 Å². The van der Waals surface area contributed by atoms with Crippen molar-refractivity contribution in [2.75, 3.05) is 0 Å². The second-order valence-corrected chi connectivity index (χ2v) is 7.49. The normalized spacial score (nSPS) is 16.4. The van der Waals surface area contributed by atoms with E-state index >= 15 is 0 Å². The molecule has 1 aromatic heterocycles. The van der Waals surface area contributed by atoms with Gasteiger partial charge in [-0.25, -0.2) is 0 Å². The van der Waals surface area contributed by atoms with Gasteiger partial charge >= 0.3 is 0 Å². The molecule has 0 aliphatic carbocycles. The summed E-state index contributed by atoms with van der Waals surface area (Å²) in [6.45, 7) is 2.53. The third kappa shape index (κ3) is 4.06. The highest BCUT2D eigenvalue weighted by molar-refractivity contribution is 5.91. The van der Waals surface area contributed by atoms with Gasteiger partial charge in [-0.3, -0.25) is 14.4 Å². The molecule has 1 aliphatic rings. The van der Waals surface area contributed by atoms with Crippen LogP contribution in [0.25, 0.3) is 10.9 Å². The van der Waals surface area contributed by atoms with Crippen molar-refractivity contribution >= 4 is 22.7 Å². The number of rotatable bonds is 5. The van der Waals surface area contributed by atoms with Crippen molar-refractivity contribution in [2.45, 2.75) is 38.9 Å². The van der Waals surface area contributed by atoms with Crippen molar-refractivity contribution in [1.29, 1.82) is 0 Å². The molecule has 2 heterocycles. The molecule has 0 radical (unpaired) electrons. The van der Waals surface area contributed by atoms with Crippen LogP contribution in [-0.4, -0.2) is 27.7 Å². The Morgan fingerprint density at radius 1 is 1.14 bits per heavy atom. The number of hydrogen-bond donors (Lipinski definition) is 2. The zero-order valence-corrected chi connectivity index (χ0v) is 16.3. The van der Waals surface area contributed by atoms with Crippen LogP contribution in [-0.2, 0) is 22.7 Å². The topological polar surface area (TPSA) is 82.3 Å². The largest absolute Gasteiger partial charge is 0.350 e. The number of aromatic amines is 1. The van der Waals surface area contributed by atoms with Gasteiger partial charge in [-0.15, -0.1) is 0 Å². The highest BCUT2D eigenvalue weighted by Crippen LogP contribution is 2.22. The first-order valence-electron chi connectivity index (χ1n) is 9.75. The average molecular weight is 389 g/mol. The maximum Gasteiger partial charge on any atom is 0.253 e. The summed E-state index contributed by atoms with van der Waals surface area (Å²) < 4.78 is 0. The van der Waals surface area contributed by atoms with Crippen LogP contribution in [0.5, 0.6) is 0 Å². The Labute approximate surface area is 168 Å². The number of fused-ring (bicyclic) bond motifs is 1. The molecule has 0 saturated carbocycles. The second kappa shape index (κ2) is 7.91. The fourth-order valence-electron chi connectivity index (χ4n) is 3.79. The molecule has 2 N–H and O–H groups in total. The molecule has 0 spiro atoms. The monoisotopic (exact) mass is 389 g/mol. The lowest BCUT2D eigenvalue weighted by Gasteiger charge is -2.24. The molecule has 0 bridgehead atoms. The number of likely N-dealkylation sites (tertiary alicyclic amines) is 1. The molecule has 4 rings (SSSR count). The molecule has 1 unspecified atom stereocenters. The van der Waals surface area contributed by atoms with E-state index in [1.54, 1.807) is 4.90 Å². The van der Waals surface area contributed by atoms with E-state index in [-0.39, 0.29) is 23.9 Å². The van der Waals surface area contributed by atoms with Crippen molar-refractivity contribution in [3.63, 3.8) is 0 Å². The quantitative estimate of drug-likeness (QED) is 0.704. The summed E-state index contributed by atoms with van der Waals surface area (Å²) in [6, 6.07) is 16.7. The maximum absolute atomic E-state index is 12.8. The molecule has 148 valence electrons. The lowest BCUT2D eigenvalue weighted by Crippen LogP contribution is -2.44. The number of aromatic nitrogens is 1. The number of amides is 2. The first kappa shape index (κ1) is 18.9. The van der Waals surface area contributed by atoms with E-state index < -0.39 is 6.04 Å². The van der Waals surface area contributed by atoms with E-state index in [0.29, 0.717) is 24.9 Å². The maximum atomic E-state index is 12.8. The van der Waals surface area contributed by atoms with E-state index in [1.807, 2.05) is 61.5 Å². The summed E-state index contributed by atoms with van der Waals surface area (Å²) in [5.74, 6) is -0.247. The first-order valence-corrected chi connectivity index (χ1v) is 9.75. The Balaban J connectivity index is 1.47. The molecular weight excluding hydrogens is 366 g/mol. The van der Waals surface area contributed by atoms with Crippen molar-refractivity contribution < 1.29 is 9.59 Å².